The Kier molecular flexibility index (Phi) is 14.8. The molecule has 49 heavy (non-hydrogen) atoms. The van der Waals surface area contributed by atoms with Crippen LogP contribution in [-0.2, 0) is 55.2 Å². The summed E-state index contributed by atoms with van der Waals surface area (Å²) in [6.07, 6.45) is -29.6. The summed E-state index contributed by atoms with van der Waals surface area (Å²) in [4.78, 5) is 21.8. The van der Waals surface area contributed by atoms with Crippen LogP contribution in [0.25, 0.3) is 0 Å². The Morgan fingerprint density at radius 3 is 1.14 bits per heavy atom. The maximum absolute atomic E-state index is 12.3. The van der Waals surface area contributed by atoms with Crippen molar-refractivity contribution in [2.75, 3.05) is 39.6 Å². The SMILES string of the molecule is O=[N+](OC[C@H]1O[C@H](O[C@]2(CO)O[C@H](CO)[C@@H](O)[C@@H]2O)[C@H](O)[C@@H](O)[C@@H]1O)OC[C@H]1O[C@H](O[C@]2(CO)O[C@H](CO)[C@@H](O)[C@@H]2O)[C@H](O)[C@@H](O)[C@@H]1O.[Fe]. The molecule has 0 spiro atoms. The maximum Gasteiger partial charge on any atom is 0.477 e. The molecule has 0 aromatic rings. The second kappa shape index (κ2) is 17.2. The van der Waals surface area contributed by atoms with Gasteiger partial charge in [0.2, 0.25) is 11.6 Å². The quantitative estimate of drug-likeness (QED) is 0.0576. The molecule has 0 aromatic carbocycles. The number of hydrogen-bond donors (Lipinski definition) is 14. The molecule has 4 fully saturated rings. The summed E-state index contributed by atoms with van der Waals surface area (Å²) < 4.78 is 31.8. The van der Waals surface area contributed by atoms with Crippen molar-refractivity contribution in [1.29, 1.82) is 0 Å². The number of nitrogens with zero attached hydrogens (tertiary/aromatic N) is 1. The summed E-state index contributed by atoms with van der Waals surface area (Å²) in [6.45, 7) is -5.75. The Labute approximate surface area is 286 Å². The van der Waals surface area contributed by atoms with Crippen LogP contribution in [0.1, 0.15) is 0 Å². The Bertz CT molecular complexity index is 991. The average Bonchev–Trinajstić information content (AvgIpc) is 3.47. The van der Waals surface area contributed by atoms with E-state index in [0.717, 1.165) is 0 Å². The molecule has 288 valence electrons. The first kappa shape index (κ1) is 42.3. The summed E-state index contributed by atoms with van der Waals surface area (Å²) in [6, 6.07) is 0. The molecule has 0 saturated carbocycles. The first-order valence-corrected chi connectivity index (χ1v) is 14.6. The van der Waals surface area contributed by atoms with Crippen LogP contribution in [0.4, 0.5) is 0 Å². The van der Waals surface area contributed by atoms with Crippen molar-refractivity contribution in [2.45, 2.75) is 110 Å². The van der Waals surface area contributed by atoms with E-state index in [1.54, 1.807) is 0 Å². The van der Waals surface area contributed by atoms with Crippen LogP contribution in [-0.4, -0.2) is 226 Å². The van der Waals surface area contributed by atoms with Crippen LogP contribution in [0.3, 0.4) is 0 Å². The number of hydrogen-bond acceptors (Lipinski definition) is 23. The fourth-order valence-corrected chi connectivity index (χ4v) is 5.54. The van der Waals surface area contributed by atoms with Gasteiger partial charge in [0, 0.05) is 17.1 Å². The minimum Gasteiger partial charge on any atom is -0.394 e. The van der Waals surface area contributed by atoms with Gasteiger partial charge in [-0.2, -0.15) is 9.68 Å². The smallest absolute Gasteiger partial charge is 0.394 e. The second-order valence-corrected chi connectivity index (χ2v) is 11.6. The van der Waals surface area contributed by atoms with E-state index >= 15 is 0 Å². The van der Waals surface area contributed by atoms with Gasteiger partial charge in [-0.3, -0.25) is 0 Å². The Morgan fingerprint density at radius 1 is 0.510 bits per heavy atom. The molecule has 25 heteroatoms. The van der Waals surface area contributed by atoms with Crippen LogP contribution >= 0.6 is 0 Å². The van der Waals surface area contributed by atoms with Gasteiger partial charge in [-0.05, 0) is 0 Å². The maximum atomic E-state index is 12.3. The Balaban J connectivity index is 0.00000650. The van der Waals surface area contributed by atoms with Crippen LogP contribution in [0.15, 0.2) is 0 Å². The topological polar surface area (TPSA) is 377 Å². The molecule has 0 radical (unpaired) electrons. The summed E-state index contributed by atoms with van der Waals surface area (Å²) in [5.41, 5.74) is 0. The molecule has 0 unspecified atom stereocenters. The fraction of sp³-hybridized carbons (Fsp3) is 1.00. The molecule has 0 amide bonds. The van der Waals surface area contributed by atoms with E-state index in [-0.39, 0.29) is 17.1 Å². The van der Waals surface area contributed by atoms with Crippen LogP contribution in [0, 0.1) is 4.91 Å². The van der Waals surface area contributed by atoms with Crippen molar-refractivity contribution in [3.63, 3.8) is 0 Å². The molecule has 4 aliphatic rings. The third-order valence-electron chi connectivity index (χ3n) is 8.47. The van der Waals surface area contributed by atoms with Crippen LogP contribution < -0.4 is 0 Å². The van der Waals surface area contributed by atoms with Gasteiger partial charge in [0.1, 0.15) is 104 Å². The molecule has 0 bridgehead atoms. The molecular formula is C24H42FeNO23+. The standard InChI is InChI=1S/C24H42NO23.Fe/c26-1-7-13(32)19(38)23(5-28,45-7)47-21-17(36)15(34)11(30)9(43-21)3-41-25(40)42-4-10-12(31)16(35)18(37)22(44-10)48-24(6-29)20(39)14(33)8(2-27)46-24;/h7-22,26-39H,1-6H2;/q+1;/t7-,8-,9-,10-,11-,12-,13-,14-,15+,16+,17-,18-,19+,20+,21-,22-,23+,24+;/m1./s1. The van der Waals surface area contributed by atoms with Crippen molar-refractivity contribution in [1.82, 2.24) is 0 Å². The zero-order chi connectivity index (χ0) is 35.7. The molecule has 4 aliphatic heterocycles. The van der Waals surface area contributed by atoms with Gasteiger partial charge in [0.05, 0.1) is 13.2 Å². The largest absolute Gasteiger partial charge is 0.477 e. The molecule has 0 aromatic heterocycles. The van der Waals surface area contributed by atoms with Crippen molar-refractivity contribution in [3.8, 4) is 0 Å². The monoisotopic (exact) mass is 768 g/mol. The zero-order valence-electron chi connectivity index (χ0n) is 25.2. The van der Waals surface area contributed by atoms with Gasteiger partial charge in [-0.1, -0.05) is 0 Å². The molecule has 24 nitrogen and oxygen atoms in total. The van der Waals surface area contributed by atoms with Crippen molar-refractivity contribution < 1.29 is 132 Å². The van der Waals surface area contributed by atoms with Crippen LogP contribution in [0.2, 0.25) is 0 Å². The summed E-state index contributed by atoms with van der Waals surface area (Å²) >= 11 is 0. The number of rotatable bonds is 14. The van der Waals surface area contributed by atoms with Crippen LogP contribution in [0.5, 0.6) is 0 Å². The van der Waals surface area contributed by atoms with E-state index < -0.39 is 154 Å². The number of aliphatic hydroxyl groups excluding tert-OH is 14. The molecular weight excluding hydrogens is 726 g/mol. The molecule has 4 saturated heterocycles. The van der Waals surface area contributed by atoms with E-state index in [2.05, 4.69) is 0 Å². The van der Waals surface area contributed by atoms with Gasteiger partial charge in [0.15, 0.2) is 25.8 Å². The van der Waals surface area contributed by atoms with Gasteiger partial charge >= 0.3 is 5.09 Å². The third kappa shape index (κ3) is 8.28. The summed E-state index contributed by atoms with van der Waals surface area (Å²) in [7, 11) is 0. The van der Waals surface area contributed by atoms with Gasteiger partial charge in [0.25, 0.3) is 0 Å². The predicted octanol–water partition coefficient (Wildman–Crippen LogP) is -10.1. The first-order valence-electron chi connectivity index (χ1n) is 14.6. The minimum atomic E-state index is -2.46. The summed E-state index contributed by atoms with van der Waals surface area (Å²) in [5, 5.41) is 141. The molecule has 4 heterocycles. The first-order chi connectivity index (χ1) is 22.6. The van der Waals surface area contributed by atoms with Gasteiger partial charge in [-0.25, -0.2) is 0 Å². The zero-order valence-corrected chi connectivity index (χ0v) is 26.3. The molecule has 4 rings (SSSR count). The second-order valence-electron chi connectivity index (χ2n) is 11.6. The van der Waals surface area contributed by atoms with E-state index in [4.69, 9.17) is 38.1 Å². The van der Waals surface area contributed by atoms with E-state index in [0.29, 0.717) is 0 Å². The van der Waals surface area contributed by atoms with Gasteiger partial charge in [-0.15, -0.1) is 0 Å². The van der Waals surface area contributed by atoms with E-state index in [9.17, 15) is 76.4 Å². The van der Waals surface area contributed by atoms with Crippen molar-refractivity contribution >= 4 is 0 Å². The minimum absolute atomic E-state index is 0. The van der Waals surface area contributed by atoms with Crippen molar-refractivity contribution in [2.24, 2.45) is 0 Å². The van der Waals surface area contributed by atoms with Gasteiger partial charge < -0.3 is 99.9 Å². The number of ether oxygens (including phenoxy) is 6. The average molecular weight is 768 g/mol. The molecule has 0 aliphatic carbocycles. The molecule has 14 N–H and O–H groups in total. The summed E-state index contributed by atoms with van der Waals surface area (Å²) in [5.74, 6) is -4.92. The number of aliphatic hydroxyl groups is 14. The van der Waals surface area contributed by atoms with E-state index in [1.807, 2.05) is 0 Å². The predicted molar refractivity (Wildman–Crippen MR) is 139 cm³/mol. The van der Waals surface area contributed by atoms with Crippen molar-refractivity contribution in [3.05, 3.63) is 4.91 Å². The Morgan fingerprint density at radius 2 is 0.857 bits per heavy atom. The van der Waals surface area contributed by atoms with E-state index in [1.165, 1.54) is 0 Å². The fourth-order valence-electron chi connectivity index (χ4n) is 5.54. The molecule has 18 atom stereocenters. The Hall–Kier alpha value is -1.08. The normalized spacial score (nSPS) is 48.6. The third-order valence-corrected chi connectivity index (χ3v) is 8.47.